The summed E-state index contributed by atoms with van der Waals surface area (Å²) >= 11 is 0. The molecule has 0 spiro atoms. The molecule has 0 aliphatic heterocycles. The minimum absolute atomic E-state index is 0. The Kier molecular flexibility index (Phi) is 12.7. The standard InChI is InChI=1S/C14H16N2O9S3.2K/c1-26(17,18)16-11-4-2-3-10(5-11)15-9-25-12-6-13(27(19,20)21)8-14(7-12)28(22,23)24;;/h2-8,15-16H,9H2,1H3,(H,19,20,21)(H,22,23,24);;/q;2*+1/p-2. The molecule has 0 saturated carbocycles. The van der Waals surface area contributed by atoms with Crippen LogP contribution in [-0.2, 0) is 30.3 Å². The van der Waals surface area contributed by atoms with Crippen LogP contribution in [-0.4, -0.2) is 47.3 Å². The Balaban J connectivity index is 0.00000420. The molecule has 2 rings (SSSR count). The van der Waals surface area contributed by atoms with E-state index in [-0.39, 0.29) is 121 Å². The SMILES string of the molecule is CS(=O)(=O)Nc1cccc(NCOc2cc(S(=O)(=O)[O-])cc(S(=O)(=O)[O-])c2)c1.[K+].[K+]. The minimum Gasteiger partial charge on any atom is -0.744 e. The molecule has 154 valence electrons. The third-order valence-corrected chi connectivity index (χ3v) is 5.34. The van der Waals surface area contributed by atoms with Crippen LogP contribution in [0.15, 0.2) is 52.3 Å². The largest absolute Gasteiger partial charge is 1.00 e. The molecule has 16 heteroatoms. The average molecular weight is 529 g/mol. The number of hydrogen-bond donors (Lipinski definition) is 2. The van der Waals surface area contributed by atoms with E-state index in [0.717, 1.165) is 18.4 Å². The van der Waals surface area contributed by atoms with Crippen LogP contribution in [0.5, 0.6) is 5.75 Å². The quantitative estimate of drug-likeness (QED) is 0.190. The molecular weight excluding hydrogens is 515 g/mol. The number of anilines is 2. The zero-order chi connectivity index (χ0) is 21.2. The van der Waals surface area contributed by atoms with Crippen molar-refractivity contribution in [3.8, 4) is 5.75 Å². The summed E-state index contributed by atoms with van der Waals surface area (Å²) in [5.74, 6) is -0.343. The van der Waals surface area contributed by atoms with E-state index >= 15 is 0 Å². The summed E-state index contributed by atoms with van der Waals surface area (Å²) in [6.07, 6.45) is 0.981. The number of nitrogens with one attached hydrogen (secondary N) is 2. The summed E-state index contributed by atoms with van der Waals surface area (Å²) < 4.78 is 96.7. The molecule has 11 nitrogen and oxygen atoms in total. The maximum atomic E-state index is 11.2. The summed E-state index contributed by atoms with van der Waals surface area (Å²) in [7, 11) is -13.5. The zero-order valence-corrected chi connectivity index (χ0v) is 24.8. The summed E-state index contributed by atoms with van der Waals surface area (Å²) in [4.78, 5) is -1.86. The molecule has 30 heavy (non-hydrogen) atoms. The van der Waals surface area contributed by atoms with E-state index in [9.17, 15) is 34.4 Å². The van der Waals surface area contributed by atoms with Crippen molar-refractivity contribution in [2.24, 2.45) is 0 Å². The Morgan fingerprint density at radius 3 is 1.80 bits per heavy atom. The van der Waals surface area contributed by atoms with E-state index in [1.54, 1.807) is 12.1 Å². The Morgan fingerprint density at radius 2 is 1.33 bits per heavy atom. The van der Waals surface area contributed by atoms with Gasteiger partial charge in [0.15, 0.2) is 6.73 Å². The molecule has 0 aliphatic carbocycles. The Hall–Kier alpha value is 0.883. The van der Waals surface area contributed by atoms with Gasteiger partial charge in [-0.05, 0) is 36.4 Å². The van der Waals surface area contributed by atoms with Crippen molar-refractivity contribution in [2.45, 2.75) is 9.79 Å². The third kappa shape index (κ3) is 10.7. The van der Waals surface area contributed by atoms with Gasteiger partial charge in [-0.1, -0.05) is 6.07 Å². The van der Waals surface area contributed by atoms with E-state index in [1.807, 2.05) is 0 Å². The Bertz CT molecular complexity index is 1150. The molecular formula is C14H14K2N2O9S3. The van der Waals surface area contributed by atoms with Gasteiger partial charge < -0.3 is 19.2 Å². The van der Waals surface area contributed by atoms with Crippen molar-refractivity contribution >= 4 is 41.6 Å². The zero-order valence-electron chi connectivity index (χ0n) is 16.1. The first-order valence-electron chi connectivity index (χ1n) is 7.25. The fraction of sp³-hybridized carbons (Fsp3) is 0.143. The van der Waals surface area contributed by atoms with Gasteiger partial charge in [-0.15, -0.1) is 0 Å². The molecule has 0 radical (unpaired) electrons. The molecule has 2 N–H and O–H groups in total. The van der Waals surface area contributed by atoms with Crippen molar-refractivity contribution in [3.63, 3.8) is 0 Å². The topological polar surface area (TPSA) is 182 Å². The normalized spacial score (nSPS) is 11.6. The fourth-order valence-electron chi connectivity index (χ4n) is 2.03. The first-order chi connectivity index (χ1) is 12.7. The molecule has 0 amide bonds. The summed E-state index contributed by atoms with van der Waals surface area (Å²) in [5, 5.41) is 2.72. The third-order valence-electron chi connectivity index (χ3n) is 3.11. The van der Waals surface area contributed by atoms with Crippen LogP contribution in [0.4, 0.5) is 11.4 Å². The van der Waals surface area contributed by atoms with Gasteiger partial charge in [0.25, 0.3) is 0 Å². The maximum absolute atomic E-state index is 11.2. The van der Waals surface area contributed by atoms with Gasteiger partial charge in [0.05, 0.1) is 21.7 Å². The van der Waals surface area contributed by atoms with Crippen LogP contribution >= 0.6 is 0 Å². The van der Waals surface area contributed by atoms with Gasteiger partial charge in [0.1, 0.15) is 26.0 Å². The van der Waals surface area contributed by atoms with Gasteiger partial charge in [0.2, 0.25) is 10.0 Å². The number of benzene rings is 2. The van der Waals surface area contributed by atoms with E-state index in [4.69, 9.17) is 4.74 Å². The average Bonchev–Trinajstić information content (AvgIpc) is 2.51. The second-order valence-electron chi connectivity index (χ2n) is 5.47. The van der Waals surface area contributed by atoms with Crippen molar-refractivity contribution in [1.82, 2.24) is 0 Å². The number of hydrogen-bond acceptors (Lipinski definition) is 10. The van der Waals surface area contributed by atoms with Gasteiger partial charge in [-0.3, -0.25) is 4.72 Å². The molecule has 2 aromatic carbocycles. The van der Waals surface area contributed by atoms with E-state index in [1.165, 1.54) is 12.1 Å². The van der Waals surface area contributed by atoms with Crippen LogP contribution < -0.4 is 118 Å². The summed E-state index contributed by atoms with van der Waals surface area (Å²) in [6.45, 7) is -0.316. The van der Waals surface area contributed by atoms with Gasteiger partial charge >= 0.3 is 103 Å². The first kappa shape index (κ1) is 30.9. The monoisotopic (exact) mass is 528 g/mol. The van der Waals surface area contributed by atoms with Crippen LogP contribution in [0.1, 0.15) is 0 Å². The van der Waals surface area contributed by atoms with Crippen LogP contribution in [0.2, 0.25) is 0 Å². The van der Waals surface area contributed by atoms with Crippen LogP contribution in [0, 0.1) is 0 Å². The van der Waals surface area contributed by atoms with Crippen molar-refractivity contribution in [3.05, 3.63) is 42.5 Å². The molecule has 2 aromatic rings. The minimum atomic E-state index is -5.03. The second kappa shape index (κ2) is 12.4. The summed E-state index contributed by atoms with van der Waals surface area (Å²) in [5.41, 5.74) is 0.685. The van der Waals surface area contributed by atoms with Gasteiger partial charge in [-0.25, -0.2) is 25.3 Å². The number of ether oxygens (including phenoxy) is 1. The molecule has 0 fully saturated rings. The molecule has 0 saturated heterocycles. The van der Waals surface area contributed by atoms with E-state index in [2.05, 4.69) is 10.0 Å². The molecule has 0 bridgehead atoms. The predicted octanol–water partition coefficient (Wildman–Crippen LogP) is -5.68. The predicted molar refractivity (Wildman–Crippen MR) is 96.4 cm³/mol. The van der Waals surface area contributed by atoms with Crippen molar-refractivity contribution in [2.75, 3.05) is 23.0 Å². The summed E-state index contributed by atoms with van der Waals surface area (Å²) in [6, 6.07) is 8.06. The van der Waals surface area contributed by atoms with Crippen LogP contribution in [0.3, 0.4) is 0 Å². The first-order valence-corrected chi connectivity index (χ1v) is 12.0. The maximum Gasteiger partial charge on any atom is 1.00 e. The molecule has 0 heterocycles. The second-order valence-corrected chi connectivity index (χ2v) is 9.98. The van der Waals surface area contributed by atoms with Gasteiger partial charge in [0, 0.05) is 5.69 Å². The smallest absolute Gasteiger partial charge is 0.744 e. The van der Waals surface area contributed by atoms with E-state index in [0.29, 0.717) is 11.8 Å². The molecule has 0 aromatic heterocycles. The fourth-order valence-corrected chi connectivity index (χ4v) is 3.72. The Labute approximate surface area is 259 Å². The van der Waals surface area contributed by atoms with Gasteiger partial charge in [-0.2, -0.15) is 0 Å². The van der Waals surface area contributed by atoms with Crippen molar-refractivity contribution < 1.29 is 142 Å². The molecule has 0 aliphatic rings. The molecule has 0 unspecified atom stereocenters. The number of rotatable bonds is 8. The van der Waals surface area contributed by atoms with Crippen molar-refractivity contribution in [1.29, 1.82) is 0 Å². The van der Waals surface area contributed by atoms with Crippen LogP contribution in [0.25, 0.3) is 0 Å². The van der Waals surface area contributed by atoms with E-state index < -0.39 is 40.1 Å². The molecule has 0 atom stereocenters. The number of sulfonamides is 1. The Morgan fingerprint density at radius 1 is 0.833 bits per heavy atom.